The van der Waals surface area contributed by atoms with Crippen LogP contribution in [0.25, 0.3) is 21.7 Å². The molecule has 4 aromatic rings. The Balaban J connectivity index is 1.58. The molecular formula is C21H15FN4OS. The fraction of sp³-hybridized carbons (Fsp3) is 0.0476. The van der Waals surface area contributed by atoms with Crippen molar-refractivity contribution in [3.63, 3.8) is 0 Å². The summed E-state index contributed by atoms with van der Waals surface area (Å²) in [6, 6.07) is 14.9. The van der Waals surface area contributed by atoms with Crippen molar-refractivity contribution in [3.05, 3.63) is 83.4 Å². The van der Waals surface area contributed by atoms with Crippen LogP contribution in [0.3, 0.4) is 0 Å². The molecule has 0 saturated heterocycles. The predicted molar refractivity (Wildman–Crippen MR) is 108 cm³/mol. The number of pyridine rings is 1. The first-order valence-corrected chi connectivity index (χ1v) is 9.38. The number of rotatable bonds is 4. The molecule has 0 unspecified atom stereocenters. The average molecular weight is 390 g/mol. The van der Waals surface area contributed by atoms with Crippen LogP contribution in [0, 0.1) is 12.7 Å². The van der Waals surface area contributed by atoms with Gasteiger partial charge in [0, 0.05) is 17.4 Å². The molecule has 2 heterocycles. The van der Waals surface area contributed by atoms with Crippen molar-refractivity contribution < 1.29 is 9.18 Å². The molecule has 1 N–H and O–H groups in total. The minimum atomic E-state index is -0.652. The van der Waals surface area contributed by atoms with Crippen molar-refractivity contribution in [2.45, 2.75) is 6.92 Å². The third-order valence-electron chi connectivity index (χ3n) is 4.32. The Morgan fingerprint density at radius 2 is 1.86 bits per heavy atom. The highest BCUT2D eigenvalue weighted by Crippen LogP contribution is 2.30. The van der Waals surface area contributed by atoms with Crippen LogP contribution in [0.15, 0.2) is 66.4 Å². The van der Waals surface area contributed by atoms with Gasteiger partial charge in [0.25, 0.3) is 5.91 Å². The Morgan fingerprint density at radius 3 is 2.57 bits per heavy atom. The smallest absolute Gasteiger partial charge is 0.258 e. The lowest BCUT2D eigenvalue weighted by atomic mass is 9.98. The molecule has 0 fully saturated rings. The van der Waals surface area contributed by atoms with Gasteiger partial charge in [-0.1, -0.05) is 35.6 Å². The Bertz CT molecular complexity index is 1130. The number of amides is 1. The first-order chi connectivity index (χ1) is 13.6. The van der Waals surface area contributed by atoms with Gasteiger partial charge in [-0.3, -0.25) is 9.78 Å². The van der Waals surface area contributed by atoms with Crippen LogP contribution in [-0.2, 0) is 0 Å². The highest BCUT2D eigenvalue weighted by molar-refractivity contribution is 7.12. The monoisotopic (exact) mass is 390 g/mol. The molecule has 28 heavy (non-hydrogen) atoms. The third kappa shape index (κ3) is 3.65. The fourth-order valence-electron chi connectivity index (χ4n) is 2.86. The number of nitrogens with one attached hydrogen (secondary N) is 1. The van der Waals surface area contributed by atoms with Gasteiger partial charge in [0.15, 0.2) is 5.82 Å². The van der Waals surface area contributed by atoms with Crippen molar-refractivity contribution in [1.29, 1.82) is 0 Å². The maximum Gasteiger partial charge on any atom is 0.258 e. The zero-order chi connectivity index (χ0) is 19.5. The third-order valence-corrected chi connectivity index (χ3v) is 5.06. The molecule has 4 rings (SSSR count). The van der Waals surface area contributed by atoms with Crippen LogP contribution in [0.5, 0.6) is 0 Å². The number of hydrogen-bond acceptors (Lipinski definition) is 5. The fourth-order valence-corrected chi connectivity index (χ4v) is 3.41. The number of nitrogens with zero attached hydrogens (tertiary/aromatic N) is 3. The topological polar surface area (TPSA) is 67.8 Å². The molecule has 2 aromatic carbocycles. The lowest BCUT2D eigenvalue weighted by Gasteiger charge is -2.10. The molecule has 0 spiro atoms. The molecule has 5 nitrogen and oxygen atoms in total. The molecule has 0 aliphatic heterocycles. The Labute approximate surface area is 164 Å². The van der Waals surface area contributed by atoms with E-state index in [9.17, 15) is 9.18 Å². The van der Waals surface area contributed by atoms with Crippen LogP contribution in [0.4, 0.5) is 10.1 Å². The zero-order valence-corrected chi connectivity index (χ0v) is 15.7. The van der Waals surface area contributed by atoms with Gasteiger partial charge in [-0.25, -0.2) is 4.39 Å². The Kier molecular flexibility index (Phi) is 4.90. The van der Waals surface area contributed by atoms with E-state index in [1.807, 2.05) is 31.2 Å². The van der Waals surface area contributed by atoms with E-state index < -0.39 is 11.7 Å². The maximum atomic E-state index is 13.7. The van der Waals surface area contributed by atoms with Crippen molar-refractivity contribution in [3.8, 4) is 21.7 Å². The quantitative estimate of drug-likeness (QED) is 0.534. The lowest BCUT2D eigenvalue weighted by Crippen LogP contribution is -2.13. The van der Waals surface area contributed by atoms with Crippen LogP contribution < -0.4 is 5.32 Å². The predicted octanol–water partition coefficient (Wildman–Crippen LogP) is 4.97. The molecule has 7 heteroatoms. The van der Waals surface area contributed by atoms with Crippen LogP contribution >= 0.6 is 11.3 Å². The summed E-state index contributed by atoms with van der Waals surface area (Å²) in [5.41, 5.74) is 6.47. The van der Waals surface area contributed by atoms with Gasteiger partial charge in [0.05, 0.1) is 11.8 Å². The molecule has 0 aliphatic rings. The number of hydrogen-bond donors (Lipinski definition) is 1. The minimum absolute atomic E-state index is 0.0420. The normalized spacial score (nSPS) is 10.6. The highest BCUT2D eigenvalue weighted by Gasteiger charge is 2.12. The van der Waals surface area contributed by atoms with E-state index in [2.05, 4.69) is 26.6 Å². The van der Waals surface area contributed by atoms with Gasteiger partial charge < -0.3 is 5.32 Å². The molecular weight excluding hydrogens is 375 g/mol. The van der Waals surface area contributed by atoms with Crippen molar-refractivity contribution >= 4 is 22.9 Å². The summed E-state index contributed by atoms with van der Waals surface area (Å²) in [6.45, 7) is 2.04. The van der Waals surface area contributed by atoms with E-state index in [4.69, 9.17) is 0 Å². The van der Waals surface area contributed by atoms with Gasteiger partial charge in [0.1, 0.15) is 10.5 Å². The summed E-state index contributed by atoms with van der Waals surface area (Å²) < 4.78 is 13.7. The van der Waals surface area contributed by atoms with Gasteiger partial charge in [0.2, 0.25) is 0 Å². The lowest BCUT2D eigenvalue weighted by molar-refractivity contribution is 0.102. The molecule has 2 aromatic heterocycles. The summed E-state index contributed by atoms with van der Waals surface area (Å²) in [5.74, 6) is -1.16. The zero-order valence-electron chi connectivity index (χ0n) is 14.9. The van der Waals surface area contributed by atoms with E-state index in [0.29, 0.717) is 5.69 Å². The molecule has 1 amide bonds. The number of halogens is 1. The van der Waals surface area contributed by atoms with Crippen molar-refractivity contribution in [2.24, 2.45) is 0 Å². The number of carbonyl (C=O) groups is 1. The SMILES string of the molecule is Cc1ccc(-c2nncs2)cc1-c1ccc(NC(=O)c2ccncc2F)cc1. The van der Waals surface area contributed by atoms with Gasteiger partial charge in [-0.05, 0) is 47.9 Å². The van der Waals surface area contributed by atoms with E-state index in [1.165, 1.54) is 23.6 Å². The number of benzene rings is 2. The summed E-state index contributed by atoms with van der Waals surface area (Å²) in [4.78, 5) is 15.9. The van der Waals surface area contributed by atoms with E-state index in [1.54, 1.807) is 17.6 Å². The Morgan fingerprint density at radius 1 is 1.07 bits per heavy atom. The molecule has 0 radical (unpaired) electrons. The van der Waals surface area contributed by atoms with E-state index in [0.717, 1.165) is 33.5 Å². The first-order valence-electron chi connectivity index (χ1n) is 8.50. The molecule has 0 bridgehead atoms. The van der Waals surface area contributed by atoms with Gasteiger partial charge in [-0.15, -0.1) is 10.2 Å². The second-order valence-corrected chi connectivity index (χ2v) is 6.99. The van der Waals surface area contributed by atoms with Gasteiger partial charge in [-0.2, -0.15) is 0 Å². The summed E-state index contributed by atoms with van der Waals surface area (Å²) >= 11 is 1.49. The van der Waals surface area contributed by atoms with Crippen LogP contribution in [0.1, 0.15) is 15.9 Å². The Hall–Kier alpha value is -3.45. The van der Waals surface area contributed by atoms with Crippen LogP contribution in [-0.4, -0.2) is 21.1 Å². The second kappa shape index (κ2) is 7.66. The number of anilines is 1. The standard InChI is InChI=1S/C21H15FN4OS/c1-13-2-3-15(21-26-24-12-28-21)10-18(13)14-4-6-16(7-5-14)25-20(27)17-8-9-23-11-19(17)22/h2-12H,1H3,(H,25,27). The van der Waals surface area contributed by atoms with Crippen LogP contribution in [0.2, 0.25) is 0 Å². The highest BCUT2D eigenvalue weighted by atomic mass is 32.1. The second-order valence-electron chi connectivity index (χ2n) is 6.16. The minimum Gasteiger partial charge on any atom is -0.322 e. The van der Waals surface area contributed by atoms with Crippen molar-refractivity contribution in [2.75, 3.05) is 5.32 Å². The molecule has 0 atom stereocenters. The number of carbonyl (C=O) groups excluding carboxylic acids is 1. The molecule has 0 aliphatic carbocycles. The van der Waals surface area contributed by atoms with Crippen molar-refractivity contribution in [1.82, 2.24) is 15.2 Å². The maximum absolute atomic E-state index is 13.7. The number of aromatic nitrogens is 3. The largest absolute Gasteiger partial charge is 0.322 e. The van der Waals surface area contributed by atoms with E-state index in [-0.39, 0.29) is 5.56 Å². The average Bonchev–Trinajstić information content (AvgIpc) is 3.24. The molecule has 0 saturated carbocycles. The van der Waals surface area contributed by atoms with Gasteiger partial charge >= 0.3 is 0 Å². The number of aryl methyl sites for hydroxylation is 1. The molecule has 138 valence electrons. The van der Waals surface area contributed by atoms with E-state index >= 15 is 0 Å². The summed E-state index contributed by atoms with van der Waals surface area (Å²) in [6.07, 6.45) is 2.40. The summed E-state index contributed by atoms with van der Waals surface area (Å²) in [5, 5.41) is 11.6. The first kappa shape index (κ1) is 17.9. The summed E-state index contributed by atoms with van der Waals surface area (Å²) in [7, 11) is 0.